The molecule has 0 amide bonds. The SMILES string of the molecule is COc1cc(C)c(-c2noc(CN)n2)cc1C(C)C. The van der Waals surface area contributed by atoms with E-state index in [9.17, 15) is 0 Å². The number of nitrogens with two attached hydrogens (primary N) is 1. The summed E-state index contributed by atoms with van der Waals surface area (Å²) in [5.74, 6) is 2.26. The molecule has 0 spiro atoms. The molecule has 0 aliphatic carbocycles. The maximum atomic E-state index is 5.49. The van der Waals surface area contributed by atoms with Crippen LogP contribution in [0.4, 0.5) is 0 Å². The number of methoxy groups -OCH3 is 1. The van der Waals surface area contributed by atoms with Crippen LogP contribution in [0.1, 0.15) is 36.8 Å². The van der Waals surface area contributed by atoms with Gasteiger partial charge in [0.05, 0.1) is 13.7 Å². The smallest absolute Gasteiger partial charge is 0.240 e. The van der Waals surface area contributed by atoms with Crippen LogP contribution in [-0.4, -0.2) is 17.3 Å². The fraction of sp³-hybridized carbons (Fsp3) is 0.429. The summed E-state index contributed by atoms with van der Waals surface area (Å²) in [7, 11) is 1.68. The second-order valence-corrected chi connectivity index (χ2v) is 4.78. The van der Waals surface area contributed by atoms with E-state index in [0.29, 0.717) is 17.6 Å². The van der Waals surface area contributed by atoms with Crippen molar-refractivity contribution in [1.29, 1.82) is 0 Å². The summed E-state index contributed by atoms with van der Waals surface area (Å²) in [6, 6.07) is 4.06. The normalized spacial score (nSPS) is 11.1. The molecule has 0 aliphatic rings. The highest BCUT2D eigenvalue weighted by atomic mass is 16.5. The van der Waals surface area contributed by atoms with Crippen molar-refractivity contribution in [3.8, 4) is 17.1 Å². The predicted molar refractivity (Wildman–Crippen MR) is 73.0 cm³/mol. The van der Waals surface area contributed by atoms with E-state index in [1.807, 2.05) is 13.0 Å². The Balaban J connectivity index is 2.54. The lowest BCUT2D eigenvalue weighted by Crippen LogP contribution is -1.98. The molecule has 1 aromatic heterocycles. The lowest BCUT2D eigenvalue weighted by atomic mass is 9.96. The summed E-state index contributed by atoms with van der Waals surface area (Å²) < 4.78 is 10.5. The molecule has 2 aromatic rings. The van der Waals surface area contributed by atoms with Crippen LogP contribution in [0.2, 0.25) is 0 Å². The van der Waals surface area contributed by atoms with Crippen LogP contribution in [0.15, 0.2) is 16.7 Å². The van der Waals surface area contributed by atoms with Gasteiger partial charge in [0.2, 0.25) is 11.7 Å². The summed E-state index contributed by atoms with van der Waals surface area (Å²) in [5, 5.41) is 3.97. The van der Waals surface area contributed by atoms with Gasteiger partial charge in [-0.15, -0.1) is 0 Å². The van der Waals surface area contributed by atoms with E-state index in [1.165, 1.54) is 0 Å². The van der Waals surface area contributed by atoms with E-state index in [-0.39, 0.29) is 6.54 Å². The van der Waals surface area contributed by atoms with Gasteiger partial charge in [0.25, 0.3) is 0 Å². The lowest BCUT2D eigenvalue weighted by Gasteiger charge is -2.14. The van der Waals surface area contributed by atoms with Crippen molar-refractivity contribution in [2.45, 2.75) is 33.2 Å². The van der Waals surface area contributed by atoms with Gasteiger partial charge in [-0.3, -0.25) is 0 Å². The molecule has 0 fully saturated rings. The summed E-state index contributed by atoms with van der Waals surface area (Å²) in [6.45, 7) is 6.50. The number of hydrogen-bond acceptors (Lipinski definition) is 5. The van der Waals surface area contributed by atoms with Crippen molar-refractivity contribution < 1.29 is 9.26 Å². The number of nitrogens with zero attached hydrogens (tertiary/aromatic N) is 2. The van der Waals surface area contributed by atoms with Gasteiger partial charge in [-0.2, -0.15) is 4.98 Å². The largest absolute Gasteiger partial charge is 0.496 e. The maximum absolute atomic E-state index is 5.49. The third-order valence-electron chi connectivity index (χ3n) is 3.08. The van der Waals surface area contributed by atoms with Crippen LogP contribution in [0.3, 0.4) is 0 Å². The average molecular weight is 261 g/mol. The van der Waals surface area contributed by atoms with E-state index < -0.39 is 0 Å². The zero-order valence-corrected chi connectivity index (χ0v) is 11.7. The van der Waals surface area contributed by atoms with Crippen LogP contribution in [-0.2, 0) is 6.54 Å². The van der Waals surface area contributed by atoms with Gasteiger partial charge < -0.3 is 15.0 Å². The number of aryl methyl sites for hydroxylation is 1. The highest BCUT2D eigenvalue weighted by molar-refractivity contribution is 5.63. The summed E-state index contributed by atoms with van der Waals surface area (Å²) in [5.41, 5.74) is 8.61. The molecule has 0 saturated carbocycles. The molecule has 2 N–H and O–H groups in total. The van der Waals surface area contributed by atoms with Gasteiger partial charge in [-0.25, -0.2) is 0 Å². The molecular weight excluding hydrogens is 242 g/mol. The molecule has 0 bridgehead atoms. The van der Waals surface area contributed by atoms with Gasteiger partial charge in [-0.1, -0.05) is 19.0 Å². The second kappa shape index (κ2) is 5.40. The van der Waals surface area contributed by atoms with E-state index in [4.69, 9.17) is 15.0 Å². The molecule has 0 unspecified atom stereocenters. The highest BCUT2D eigenvalue weighted by Gasteiger charge is 2.15. The van der Waals surface area contributed by atoms with Gasteiger partial charge in [0.1, 0.15) is 5.75 Å². The molecule has 5 nitrogen and oxygen atoms in total. The Hall–Kier alpha value is -1.88. The quantitative estimate of drug-likeness (QED) is 0.915. The zero-order chi connectivity index (χ0) is 14.0. The van der Waals surface area contributed by atoms with Gasteiger partial charge in [0, 0.05) is 5.56 Å². The Morgan fingerprint density at radius 2 is 2.11 bits per heavy atom. The molecule has 1 heterocycles. The molecule has 1 aromatic carbocycles. The number of benzene rings is 1. The Morgan fingerprint density at radius 1 is 1.37 bits per heavy atom. The topological polar surface area (TPSA) is 74.2 Å². The minimum Gasteiger partial charge on any atom is -0.496 e. The molecule has 2 rings (SSSR count). The minimum absolute atomic E-state index is 0.249. The predicted octanol–water partition coefficient (Wildman–Crippen LogP) is 2.64. The molecule has 5 heteroatoms. The highest BCUT2D eigenvalue weighted by Crippen LogP contribution is 2.33. The Labute approximate surface area is 112 Å². The molecular formula is C14H19N3O2. The average Bonchev–Trinajstić information content (AvgIpc) is 2.86. The van der Waals surface area contributed by atoms with Crippen molar-refractivity contribution in [1.82, 2.24) is 10.1 Å². The third kappa shape index (κ3) is 2.61. The van der Waals surface area contributed by atoms with Crippen molar-refractivity contribution in [3.63, 3.8) is 0 Å². The first kappa shape index (κ1) is 13.5. The fourth-order valence-corrected chi connectivity index (χ4v) is 2.01. The van der Waals surface area contributed by atoms with E-state index in [0.717, 1.165) is 22.4 Å². The Morgan fingerprint density at radius 3 is 2.63 bits per heavy atom. The third-order valence-corrected chi connectivity index (χ3v) is 3.08. The van der Waals surface area contributed by atoms with Gasteiger partial charge in [-0.05, 0) is 36.1 Å². The first-order chi connectivity index (χ1) is 9.06. The van der Waals surface area contributed by atoms with Crippen LogP contribution >= 0.6 is 0 Å². The number of ether oxygens (including phenoxy) is 1. The fourth-order valence-electron chi connectivity index (χ4n) is 2.01. The first-order valence-corrected chi connectivity index (χ1v) is 6.28. The van der Waals surface area contributed by atoms with Crippen LogP contribution < -0.4 is 10.5 Å². The minimum atomic E-state index is 0.249. The van der Waals surface area contributed by atoms with Crippen LogP contribution in [0.25, 0.3) is 11.4 Å². The summed E-state index contributed by atoms with van der Waals surface area (Å²) in [6.07, 6.45) is 0. The molecule has 0 radical (unpaired) electrons. The molecule has 19 heavy (non-hydrogen) atoms. The monoisotopic (exact) mass is 261 g/mol. The first-order valence-electron chi connectivity index (χ1n) is 6.28. The lowest BCUT2D eigenvalue weighted by molar-refractivity contribution is 0.380. The number of rotatable bonds is 4. The number of hydrogen-bond donors (Lipinski definition) is 1. The molecule has 0 atom stereocenters. The van der Waals surface area contributed by atoms with Gasteiger partial charge in [0.15, 0.2) is 0 Å². The van der Waals surface area contributed by atoms with Crippen molar-refractivity contribution in [2.24, 2.45) is 5.73 Å². The second-order valence-electron chi connectivity index (χ2n) is 4.78. The molecule has 0 aliphatic heterocycles. The van der Waals surface area contributed by atoms with Crippen molar-refractivity contribution in [2.75, 3.05) is 7.11 Å². The molecule has 102 valence electrons. The van der Waals surface area contributed by atoms with Crippen molar-refractivity contribution in [3.05, 3.63) is 29.2 Å². The van der Waals surface area contributed by atoms with E-state index in [2.05, 4.69) is 30.1 Å². The van der Waals surface area contributed by atoms with Crippen LogP contribution in [0, 0.1) is 6.92 Å². The van der Waals surface area contributed by atoms with Crippen molar-refractivity contribution >= 4 is 0 Å². The van der Waals surface area contributed by atoms with Crippen LogP contribution in [0.5, 0.6) is 5.75 Å². The van der Waals surface area contributed by atoms with Gasteiger partial charge >= 0.3 is 0 Å². The summed E-state index contributed by atoms with van der Waals surface area (Å²) >= 11 is 0. The summed E-state index contributed by atoms with van der Waals surface area (Å²) in [4.78, 5) is 4.27. The molecule has 0 saturated heterocycles. The van der Waals surface area contributed by atoms with E-state index in [1.54, 1.807) is 7.11 Å². The Kier molecular flexibility index (Phi) is 3.85. The maximum Gasteiger partial charge on any atom is 0.240 e. The number of aromatic nitrogens is 2. The Bertz CT molecular complexity index is 576. The zero-order valence-electron chi connectivity index (χ0n) is 11.7. The van der Waals surface area contributed by atoms with E-state index >= 15 is 0 Å². The standard InChI is InChI=1S/C14H19N3O2/c1-8(2)10-6-11(9(3)5-12(10)18-4)14-16-13(7-15)19-17-14/h5-6,8H,7,15H2,1-4H3.